The Bertz CT molecular complexity index is 499. The van der Waals surface area contributed by atoms with E-state index >= 15 is 0 Å². The number of thiazole rings is 1. The number of carboxylic acid groups (broad SMARTS) is 1. The summed E-state index contributed by atoms with van der Waals surface area (Å²) in [6, 6.07) is -0.166. The molecule has 6 nitrogen and oxygen atoms in total. The fraction of sp³-hybridized carbons (Fsp3) is 0.615. The number of nitrogens with one attached hydrogen (secondary N) is 1. The van der Waals surface area contributed by atoms with Crippen LogP contribution in [0.2, 0.25) is 0 Å². The number of carbonyl (C=O) groups excluding carboxylic acids is 1. The summed E-state index contributed by atoms with van der Waals surface area (Å²) in [5, 5.41) is 14.5. The van der Waals surface area contributed by atoms with Crippen molar-refractivity contribution in [2.24, 2.45) is 0 Å². The molecule has 1 atom stereocenters. The summed E-state index contributed by atoms with van der Waals surface area (Å²) in [5.41, 5.74) is 0.941. The first-order valence-electron chi connectivity index (χ1n) is 6.68. The van der Waals surface area contributed by atoms with Crippen molar-refractivity contribution in [2.45, 2.75) is 45.2 Å². The van der Waals surface area contributed by atoms with Gasteiger partial charge in [-0.25, -0.2) is 9.78 Å². The van der Waals surface area contributed by atoms with Gasteiger partial charge in [-0.05, 0) is 26.7 Å². The van der Waals surface area contributed by atoms with Crippen LogP contribution < -0.4 is 5.32 Å². The van der Waals surface area contributed by atoms with Crippen molar-refractivity contribution < 1.29 is 14.7 Å². The molecule has 0 spiro atoms. The van der Waals surface area contributed by atoms with E-state index in [1.165, 1.54) is 11.3 Å². The molecule has 1 aliphatic carbocycles. The molecule has 2 rings (SSSR count). The predicted molar refractivity (Wildman–Crippen MR) is 75.8 cm³/mol. The van der Waals surface area contributed by atoms with Gasteiger partial charge in [0.2, 0.25) is 0 Å². The van der Waals surface area contributed by atoms with Crippen LogP contribution in [0.3, 0.4) is 0 Å². The van der Waals surface area contributed by atoms with E-state index in [4.69, 9.17) is 5.11 Å². The third kappa shape index (κ3) is 3.93. The maximum absolute atomic E-state index is 12.2. The van der Waals surface area contributed by atoms with Crippen LogP contribution in [0.1, 0.15) is 42.9 Å². The maximum atomic E-state index is 12.2. The van der Waals surface area contributed by atoms with Gasteiger partial charge in [0.05, 0.1) is 12.5 Å². The summed E-state index contributed by atoms with van der Waals surface area (Å²) < 4.78 is 0. The van der Waals surface area contributed by atoms with Crippen molar-refractivity contribution in [2.75, 3.05) is 6.54 Å². The topological polar surface area (TPSA) is 82.5 Å². The molecule has 0 radical (unpaired) electrons. The maximum Gasteiger partial charge on any atom is 0.318 e. The molecule has 20 heavy (non-hydrogen) atoms. The van der Waals surface area contributed by atoms with Crippen LogP contribution in [0.25, 0.3) is 0 Å². The molecule has 1 heterocycles. The van der Waals surface area contributed by atoms with Gasteiger partial charge in [0.1, 0.15) is 5.01 Å². The molecule has 1 unspecified atom stereocenters. The summed E-state index contributed by atoms with van der Waals surface area (Å²) in [5.74, 6) is -0.882. The average molecular weight is 297 g/mol. The normalized spacial score (nSPS) is 15.7. The predicted octanol–water partition coefficient (Wildman–Crippen LogP) is 2.16. The average Bonchev–Trinajstić information content (AvgIpc) is 3.10. The molecule has 1 aromatic heterocycles. The quantitative estimate of drug-likeness (QED) is 0.843. The number of aliphatic carboxylic acids is 1. The number of amides is 2. The Balaban J connectivity index is 1.92. The van der Waals surface area contributed by atoms with Gasteiger partial charge < -0.3 is 15.3 Å². The van der Waals surface area contributed by atoms with E-state index in [-0.39, 0.29) is 31.1 Å². The van der Waals surface area contributed by atoms with Crippen molar-refractivity contribution in [3.63, 3.8) is 0 Å². The lowest BCUT2D eigenvalue weighted by atomic mass is 10.3. The first-order chi connectivity index (χ1) is 9.47. The minimum Gasteiger partial charge on any atom is -0.481 e. The van der Waals surface area contributed by atoms with E-state index in [0.717, 1.165) is 23.5 Å². The minimum absolute atomic E-state index is 0.0192. The number of carboxylic acids is 1. The van der Waals surface area contributed by atoms with Crippen LogP contribution in [0.5, 0.6) is 0 Å². The third-order valence-corrected chi connectivity index (χ3v) is 4.31. The van der Waals surface area contributed by atoms with Gasteiger partial charge in [0.25, 0.3) is 0 Å². The molecule has 2 amide bonds. The molecule has 1 fully saturated rings. The molecule has 1 aromatic rings. The Morgan fingerprint density at radius 3 is 2.80 bits per heavy atom. The fourth-order valence-corrected chi connectivity index (χ4v) is 2.76. The monoisotopic (exact) mass is 297 g/mol. The number of aromatic nitrogens is 1. The van der Waals surface area contributed by atoms with Crippen LogP contribution in [0.15, 0.2) is 5.38 Å². The number of rotatable bonds is 6. The van der Waals surface area contributed by atoms with E-state index < -0.39 is 5.97 Å². The molecule has 7 heteroatoms. The highest BCUT2D eigenvalue weighted by atomic mass is 32.1. The number of urea groups is 1. The Labute approximate surface area is 121 Å². The second kappa shape index (κ2) is 6.21. The second-order valence-corrected chi connectivity index (χ2v) is 5.96. The van der Waals surface area contributed by atoms with E-state index in [1.807, 2.05) is 19.2 Å². The summed E-state index contributed by atoms with van der Waals surface area (Å²) in [6.45, 7) is 4.06. The van der Waals surface area contributed by atoms with Crippen LogP contribution in [0, 0.1) is 6.92 Å². The summed E-state index contributed by atoms with van der Waals surface area (Å²) in [4.78, 5) is 28.9. The SMILES string of the molecule is Cc1csc(C(C)NC(=O)N(CCC(=O)O)C2CC2)n1. The standard InChI is InChI=1S/C13H19N3O3S/c1-8-7-20-12(14-8)9(2)15-13(19)16(10-3-4-10)6-5-11(17)18/h7,9-10H,3-6H2,1-2H3,(H,15,19)(H,17,18). The molecule has 2 N–H and O–H groups in total. The number of hydrogen-bond donors (Lipinski definition) is 2. The Hall–Kier alpha value is -1.63. The second-order valence-electron chi connectivity index (χ2n) is 5.07. The van der Waals surface area contributed by atoms with Crippen molar-refractivity contribution in [3.8, 4) is 0 Å². The lowest BCUT2D eigenvalue weighted by Gasteiger charge is -2.24. The zero-order valence-corrected chi connectivity index (χ0v) is 12.4. The first-order valence-corrected chi connectivity index (χ1v) is 7.56. The van der Waals surface area contributed by atoms with Gasteiger partial charge in [0.15, 0.2) is 0 Å². The van der Waals surface area contributed by atoms with Crippen LogP contribution in [0.4, 0.5) is 4.79 Å². The van der Waals surface area contributed by atoms with Gasteiger partial charge in [-0.15, -0.1) is 11.3 Å². The van der Waals surface area contributed by atoms with Crippen LogP contribution in [-0.4, -0.2) is 39.6 Å². The zero-order valence-electron chi connectivity index (χ0n) is 11.6. The van der Waals surface area contributed by atoms with E-state index in [2.05, 4.69) is 10.3 Å². The van der Waals surface area contributed by atoms with Gasteiger partial charge >= 0.3 is 12.0 Å². The number of aryl methyl sites for hydroxylation is 1. The molecule has 0 bridgehead atoms. The Morgan fingerprint density at radius 2 is 2.30 bits per heavy atom. The fourth-order valence-electron chi connectivity index (χ4n) is 1.95. The smallest absolute Gasteiger partial charge is 0.318 e. The van der Waals surface area contributed by atoms with Crippen molar-refractivity contribution in [3.05, 3.63) is 16.1 Å². The molecule has 0 aliphatic heterocycles. The van der Waals surface area contributed by atoms with E-state index in [9.17, 15) is 9.59 Å². The highest BCUT2D eigenvalue weighted by Crippen LogP contribution is 2.27. The Kier molecular flexibility index (Phi) is 4.59. The first kappa shape index (κ1) is 14.8. The highest BCUT2D eigenvalue weighted by molar-refractivity contribution is 7.09. The zero-order chi connectivity index (χ0) is 14.7. The van der Waals surface area contributed by atoms with Crippen molar-refractivity contribution in [1.29, 1.82) is 0 Å². The van der Waals surface area contributed by atoms with E-state index in [0.29, 0.717) is 0 Å². The molecule has 0 aromatic carbocycles. The molecule has 1 aliphatic rings. The Morgan fingerprint density at radius 1 is 1.60 bits per heavy atom. The number of carbonyl (C=O) groups is 2. The molecular weight excluding hydrogens is 278 g/mol. The summed E-state index contributed by atoms with van der Waals surface area (Å²) in [7, 11) is 0. The van der Waals surface area contributed by atoms with Gasteiger partial charge in [-0.3, -0.25) is 4.79 Å². The third-order valence-electron chi connectivity index (χ3n) is 3.16. The van der Waals surface area contributed by atoms with Crippen molar-refractivity contribution >= 4 is 23.3 Å². The number of nitrogens with zero attached hydrogens (tertiary/aromatic N) is 2. The van der Waals surface area contributed by atoms with E-state index in [1.54, 1.807) is 4.90 Å². The molecular formula is C13H19N3O3S. The van der Waals surface area contributed by atoms with Crippen molar-refractivity contribution in [1.82, 2.24) is 15.2 Å². The van der Waals surface area contributed by atoms with Gasteiger partial charge in [-0.1, -0.05) is 0 Å². The minimum atomic E-state index is -0.882. The van der Waals surface area contributed by atoms with Crippen LogP contribution in [-0.2, 0) is 4.79 Å². The summed E-state index contributed by atoms with van der Waals surface area (Å²) >= 11 is 1.52. The molecule has 110 valence electrons. The molecule has 0 saturated heterocycles. The van der Waals surface area contributed by atoms with Crippen LogP contribution >= 0.6 is 11.3 Å². The molecule has 1 saturated carbocycles. The lowest BCUT2D eigenvalue weighted by molar-refractivity contribution is -0.137. The summed E-state index contributed by atoms with van der Waals surface area (Å²) in [6.07, 6.45) is 1.89. The van der Waals surface area contributed by atoms with Gasteiger partial charge in [0, 0.05) is 23.7 Å². The lowest BCUT2D eigenvalue weighted by Crippen LogP contribution is -2.43. The number of hydrogen-bond acceptors (Lipinski definition) is 4. The van der Waals surface area contributed by atoms with Gasteiger partial charge in [-0.2, -0.15) is 0 Å². The largest absolute Gasteiger partial charge is 0.481 e. The highest BCUT2D eigenvalue weighted by Gasteiger charge is 2.33.